The summed E-state index contributed by atoms with van der Waals surface area (Å²) in [6.07, 6.45) is 1.31. The molecule has 2 fully saturated rings. The van der Waals surface area contributed by atoms with Crippen LogP contribution in [0.1, 0.15) is 41.0 Å². The summed E-state index contributed by atoms with van der Waals surface area (Å²) in [5.41, 5.74) is 0.320. The van der Waals surface area contributed by atoms with E-state index in [2.05, 4.69) is 61.3 Å². The van der Waals surface area contributed by atoms with Crippen molar-refractivity contribution in [3.8, 4) is 0 Å². The summed E-state index contributed by atoms with van der Waals surface area (Å²) in [6.45, 7) is 21.6. The first kappa shape index (κ1) is 18.2. The maximum absolute atomic E-state index is 2.71. The first-order valence-corrected chi connectivity index (χ1v) is 9.23. The zero-order valence-electron chi connectivity index (χ0n) is 15.8. The zero-order chi connectivity index (χ0) is 16.3. The molecule has 22 heavy (non-hydrogen) atoms. The zero-order valence-corrected chi connectivity index (χ0v) is 15.8. The molecule has 0 aromatic carbocycles. The molecule has 2 aliphatic rings. The molecular weight excluding hydrogens is 272 g/mol. The smallest absolute Gasteiger partial charge is 0.0238 e. The number of likely N-dealkylation sites (N-methyl/N-ethyl adjacent to an activating group) is 2. The monoisotopic (exact) mass is 310 g/mol. The van der Waals surface area contributed by atoms with Crippen molar-refractivity contribution in [2.24, 2.45) is 0 Å². The van der Waals surface area contributed by atoms with Crippen molar-refractivity contribution in [3.63, 3.8) is 0 Å². The van der Waals surface area contributed by atoms with Crippen LogP contribution < -0.4 is 0 Å². The van der Waals surface area contributed by atoms with E-state index in [1.165, 1.54) is 58.8 Å². The van der Waals surface area contributed by atoms with Crippen molar-refractivity contribution in [1.29, 1.82) is 0 Å². The standard InChI is InChI=1S/C18H38N4/c1-7-20-9-8-19(6)15-17(20)14-16(2)21-10-12-22(13-11-21)18(3,4)5/h16-17H,7-15H2,1-6H3/t16-,17?/m1/s1. The maximum Gasteiger partial charge on any atom is 0.0238 e. The molecule has 1 unspecified atom stereocenters. The Hall–Kier alpha value is -0.160. The van der Waals surface area contributed by atoms with E-state index in [0.717, 1.165) is 6.04 Å². The van der Waals surface area contributed by atoms with Crippen LogP contribution in [0.4, 0.5) is 0 Å². The second-order valence-electron chi connectivity index (χ2n) is 8.32. The lowest BCUT2D eigenvalue weighted by molar-refractivity contribution is 0.0254. The molecule has 2 rings (SSSR count). The van der Waals surface area contributed by atoms with Crippen molar-refractivity contribution < 1.29 is 0 Å². The molecule has 2 saturated heterocycles. The summed E-state index contributed by atoms with van der Waals surface area (Å²) in [7, 11) is 2.27. The quantitative estimate of drug-likeness (QED) is 0.785. The van der Waals surface area contributed by atoms with Gasteiger partial charge in [0, 0.05) is 63.4 Å². The van der Waals surface area contributed by atoms with Crippen molar-refractivity contribution in [2.75, 3.05) is 59.4 Å². The Morgan fingerprint density at radius 2 is 1.64 bits per heavy atom. The Morgan fingerprint density at radius 3 is 2.18 bits per heavy atom. The highest BCUT2D eigenvalue weighted by molar-refractivity contribution is 4.87. The lowest BCUT2D eigenvalue weighted by Crippen LogP contribution is -2.57. The fourth-order valence-electron chi connectivity index (χ4n) is 4.06. The molecule has 4 heteroatoms. The number of rotatable bonds is 4. The Bertz CT molecular complexity index is 330. The Kier molecular flexibility index (Phi) is 6.29. The largest absolute Gasteiger partial charge is 0.304 e. The predicted molar refractivity (Wildman–Crippen MR) is 95.5 cm³/mol. The molecule has 2 atom stereocenters. The normalized spacial score (nSPS) is 28.9. The van der Waals surface area contributed by atoms with Gasteiger partial charge in [0.05, 0.1) is 0 Å². The van der Waals surface area contributed by atoms with Crippen LogP contribution >= 0.6 is 0 Å². The van der Waals surface area contributed by atoms with Crippen LogP contribution in [0.2, 0.25) is 0 Å². The van der Waals surface area contributed by atoms with Crippen molar-refractivity contribution in [1.82, 2.24) is 19.6 Å². The highest BCUT2D eigenvalue weighted by Gasteiger charge is 2.30. The molecule has 0 amide bonds. The van der Waals surface area contributed by atoms with Gasteiger partial charge in [0.25, 0.3) is 0 Å². The molecule has 0 saturated carbocycles. The molecule has 0 spiro atoms. The van der Waals surface area contributed by atoms with Crippen molar-refractivity contribution in [2.45, 2.75) is 58.7 Å². The van der Waals surface area contributed by atoms with Crippen LogP contribution in [-0.2, 0) is 0 Å². The number of hydrogen-bond donors (Lipinski definition) is 0. The predicted octanol–water partition coefficient (Wildman–Crippen LogP) is 1.82. The van der Waals surface area contributed by atoms with Gasteiger partial charge >= 0.3 is 0 Å². The van der Waals surface area contributed by atoms with E-state index in [0.29, 0.717) is 11.6 Å². The topological polar surface area (TPSA) is 13.0 Å². The van der Waals surface area contributed by atoms with Gasteiger partial charge in [-0.2, -0.15) is 0 Å². The summed E-state index contributed by atoms with van der Waals surface area (Å²) < 4.78 is 0. The fourth-order valence-corrected chi connectivity index (χ4v) is 4.06. The molecule has 0 aliphatic carbocycles. The summed E-state index contributed by atoms with van der Waals surface area (Å²) in [6, 6.07) is 1.44. The molecule has 0 bridgehead atoms. The molecule has 2 heterocycles. The molecule has 0 aromatic rings. The lowest BCUT2D eigenvalue weighted by Gasteiger charge is -2.46. The van der Waals surface area contributed by atoms with Gasteiger partial charge in [0.1, 0.15) is 0 Å². The number of nitrogens with zero attached hydrogens (tertiary/aromatic N) is 4. The third-order valence-electron chi connectivity index (χ3n) is 5.71. The van der Waals surface area contributed by atoms with E-state index >= 15 is 0 Å². The van der Waals surface area contributed by atoms with Crippen LogP contribution in [-0.4, -0.2) is 96.6 Å². The average molecular weight is 311 g/mol. The number of piperazine rings is 2. The highest BCUT2D eigenvalue weighted by Crippen LogP contribution is 2.20. The van der Waals surface area contributed by atoms with E-state index in [4.69, 9.17) is 0 Å². The van der Waals surface area contributed by atoms with E-state index in [1.807, 2.05) is 0 Å². The van der Waals surface area contributed by atoms with Crippen molar-refractivity contribution in [3.05, 3.63) is 0 Å². The minimum Gasteiger partial charge on any atom is -0.304 e. The third kappa shape index (κ3) is 4.67. The number of hydrogen-bond acceptors (Lipinski definition) is 4. The third-order valence-corrected chi connectivity index (χ3v) is 5.71. The summed E-state index contributed by atoms with van der Waals surface area (Å²) in [4.78, 5) is 10.5. The Labute approximate surface area is 138 Å². The SMILES string of the molecule is CCN1CCN(C)CC1C[C@@H](C)N1CCN(C(C)(C)C)CC1. The van der Waals surface area contributed by atoms with Gasteiger partial charge < -0.3 is 4.90 Å². The molecule has 2 aliphatic heterocycles. The molecule has 0 radical (unpaired) electrons. The van der Waals surface area contributed by atoms with E-state index in [1.54, 1.807) is 0 Å². The van der Waals surface area contributed by atoms with E-state index < -0.39 is 0 Å². The Morgan fingerprint density at radius 1 is 1.00 bits per heavy atom. The van der Waals surface area contributed by atoms with Gasteiger partial charge in [-0.15, -0.1) is 0 Å². The maximum atomic E-state index is 2.71. The Balaban J connectivity index is 1.83. The summed E-state index contributed by atoms with van der Waals surface area (Å²) in [5.74, 6) is 0. The minimum absolute atomic E-state index is 0.320. The van der Waals surface area contributed by atoms with Crippen LogP contribution in [0.15, 0.2) is 0 Å². The van der Waals surface area contributed by atoms with Crippen molar-refractivity contribution >= 4 is 0 Å². The van der Waals surface area contributed by atoms with Crippen LogP contribution in [0.3, 0.4) is 0 Å². The summed E-state index contributed by atoms with van der Waals surface area (Å²) in [5, 5.41) is 0. The molecule has 0 N–H and O–H groups in total. The van der Waals surface area contributed by atoms with Gasteiger partial charge in [0.15, 0.2) is 0 Å². The second kappa shape index (κ2) is 7.61. The first-order chi connectivity index (χ1) is 10.3. The fraction of sp³-hybridized carbons (Fsp3) is 1.00. The van der Waals surface area contributed by atoms with E-state index in [9.17, 15) is 0 Å². The van der Waals surface area contributed by atoms with Gasteiger partial charge in [0.2, 0.25) is 0 Å². The van der Waals surface area contributed by atoms with Gasteiger partial charge in [-0.1, -0.05) is 6.92 Å². The van der Waals surface area contributed by atoms with E-state index in [-0.39, 0.29) is 0 Å². The highest BCUT2D eigenvalue weighted by atomic mass is 15.3. The minimum atomic E-state index is 0.320. The lowest BCUT2D eigenvalue weighted by atomic mass is 10.0. The summed E-state index contributed by atoms with van der Waals surface area (Å²) >= 11 is 0. The van der Waals surface area contributed by atoms with Crippen LogP contribution in [0.5, 0.6) is 0 Å². The van der Waals surface area contributed by atoms with Crippen LogP contribution in [0.25, 0.3) is 0 Å². The first-order valence-electron chi connectivity index (χ1n) is 9.23. The molecule has 4 nitrogen and oxygen atoms in total. The van der Waals surface area contributed by atoms with Crippen LogP contribution in [0, 0.1) is 0 Å². The molecule has 130 valence electrons. The van der Waals surface area contributed by atoms with Gasteiger partial charge in [-0.3, -0.25) is 14.7 Å². The average Bonchev–Trinajstić information content (AvgIpc) is 2.46. The second-order valence-corrected chi connectivity index (χ2v) is 8.32. The molecule has 0 aromatic heterocycles. The van der Waals surface area contributed by atoms with Gasteiger partial charge in [-0.25, -0.2) is 0 Å². The van der Waals surface area contributed by atoms with Gasteiger partial charge in [-0.05, 0) is 47.7 Å². The molecular formula is C18H38N4.